The Morgan fingerprint density at radius 1 is 1.50 bits per heavy atom. The van der Waals surface area contributed by atoms with Crippen LogP contribution in [0.25, 0.3) is 11.0 Å². The van der Waals surface area contributed by atoms with Crippen LogP contribution in [0.1, 0.15) is 38.1 Å². The summed E-state index contributed by atoms with van der Waals surface area (Å²) in [7, 11) is 0. The molecule has 0 spiro atoms. The SMILES string of the molecule is CCC(N)Cc1nc2ccc(Cl)cc2n1C1CC1. The van der Waals surface area contributed by atoms with E-state index in [1.807, 2.05) is 18.2 Å². The standard InChI is InChI=1S/C14H18ClN3/c1-2-10(16)8-14-17-12-6-3-9(15)7-13(12)18(14)11-4-5-11/h3,6-7,10-11H,2,4-5,8,16H2,1H3. The monoisotopic (exact) mass is 263 g/mol. The van der Waals surface area contributed by atoms with Gasteiger partial charge in [-0.25, -0.2) is 4.98 Å². The molecule has 0 saturated heterocycles. The smallest absolute Gasteiger partial charge is 0.111 e. The van der Waals surface area contributed by atoms with Crippen LogP contribution in [0.5, 0.6) is 0 Å². The normalized spacial score (nSPS) is 17.3. The molecule has 1 atom stereocenters. The van der Waals surface area contributed by atoms with E-state index in [-0.39, 0.29) is 6.04 Å². The third-order valence-corrected chi connectivity index (χ3v) is 3.84. The first-order valence-electron chi connectivity index (χ1n) is 6.61. The largest absolute Gasteiger partial charge is 0.327 e. The number of rotatable bonds is 4. The van der Waals surface area contributed by atoms with Gasteiger partial charge in [0.1, 0.15) is 5.82 Å². The van der Waals surface area contributed by atoms with Gasteiger partial charge < -0.3 is 10.3 Å². The number of hydrogen-bond donors (Lipinski definition) is 1. The third kappa shape index (κ3) is 2.13. The summed E-state index contributed by atoms with van der Waals surface area (Å²) in [6.45, 7) is 2.12. The lowest BCUT2D eigenvalue weighted by Crippen LogP contribution is -2.23. The second kappa shape index (κ2) is 4.56. The average molecular weight is 264 g/mol. The van der Waals surface area contributed by atoms with Gasteiger partial charge in [0, 0.05) is 23.5 Å². The highest BCUT2D eigenvalue weighted by atomic mass is 35.5. The third-order valence-electron chi connectivity index (χ3n) is 3.61. The highest BCUT2D eigenvalue weighted by Gasteiger charge is 2.28. The summed E-state index contributed by atoms with van der Waals surface area (Å²) >= 11 is 6.09. The summed E-state index contributed by atoms with van der Waals surface area (Å²) < 4.78 is 2.34. The van der Waals surface area contributed by atoms with Gasteiger partial charge in [-0.1, -0.05) is 18.5 Å². The molecule has 0 radical (unpaired) electrons. The van der Waals surface area contributed by atoms with Crippen molar-refractivity contribution >= 4 is 22.6 Å². The average Bonchev–Trinajstić information content (AvgIpc) is 3.12. The van der Waals surface area contributed by atoms with E-state index in [1.54, 1.807) is 0 Å². The lowest BCUT2D eigenvalue weighted by Gasteiger charge is -2.11. The molecule has 96 valence electrons. The number of fused-ring (bicyclic) bond motifs is 1. The van der Waals surface area contributed by atoms with E-state index >= 15 is 0 Å². The highest BCUT2D eigenvalue weighted by Crippen LogP contribution is 2.39. The van der Waals surface area contributed by atoms with Crippen molar-refractivity contribution in [3.8, 4) is 0 Å². The molecule has 0 bridgehead atoms. The van der Waals surface area contributed by atoms with Gasteiger partial charge in [0.05, 0.1) is 11.0 Å². The van der Waals surface area contributed by atoms with Gasteiger partial charge >= 0.3 is 0 Å². The molecule has 2 N–H and O–H groups in total. The number of halogens is 1. The molecule has 1 fully saturated rings. The number of imidazole rings is 1. The Labute approximate surface area is 112 Å². The van der Waals surface area contributed by atoms with Crippen LogP contribution in [0, 0.1) is 0 Å². The van der Waals surface area contributed by atoms with Crippen molar-refractivity contribution in [3.05, 3.63) is 29.0 Å². The van der Waals surface area contributed by atoms with Gasteiger partial charge in [0.25, 0.3) is 0 Å². The Bertz CT molecular complexity index is 572. The maximum Gasteiger partial charge on any atom is 0.111 e. The van der Waals surface area contributed by atoms with E-state index in [2.05, 4.69) is 11.5 Å². The topological polar surface area (TPSA) is 43.8 Å². The van der Waals surface area contributed by atoms with Gasteiger partial charge in [-0.3, -0.25) is 0 Å². The molecule has 4 heteroatoms. The van der Waals surface area contributed by atoms with Crippen LogP contribution in [0.4, 0.5) is 0 Å². The molecule has 1 aromatic heterocycles. The van der Waals surface area contributed by atoms with E-state index in [9.17, 15) is 0 Å². The summed E-state index contributed by atoms with van der Waals surface area (Å²) in [5.74, 6) is 1.11. The van der Waals surface area contributed by atoms with Gasteiger partial charge in [-0.05, 0) is 37.5 Å². The Morgan fingerprint density at radius 3 is 2.94 bits per heavy atom. The molecule has 1 saturated carbocycles. The Morgan fingerprint density at radius 2 is 2.28 bits per heavy atom. The molecule has 3 rings (SSSR count). The molecular weight excluding hydrogens is 246 g/mol. The summed E-state index contributed by atoms with van der Waals surface area (Å²) in [5.41, 5.74) is 8.25. The summed E-state index contributed by atoms with van der Waals surface area (Å²) in [4.78, 5) is 4.73. The van der Waals surface area contributed by atoms with E-state index < -0.39 is 0 Å². The molecule has 1 heterocycles. The van der Waals surface area contributed by atoms with Crippen LogP contribution in [-0.4, -0.2) is 15.6 Å². The minimum Gasteiger partial charge on any atom is -0.327 e. The van der Waals surface area contributed by atoms with E-state index in [4.69, 9.17) is 22.3 Å². The van der Waals surface area contributed by atoms with Crippen molar-refractivity contribution in [2.45, 2.75) is 44.7 Å². The minimum absolute atomic E-state index is 0.190. The zero-order valence-electron chi connectivity index (χ0n) is 10.6. The molecular formula is C14H18ClN3. The van der Waals surface area contributed by atoms with Gasteiger partial charge in [-0.15, -0.1) is 0 Å². The fourth-order valence-corrected chi connectivity index (χ4v) is 2.55. The number of nitrogens with zero attached hydrogens (tertiary/aromatic N) is 2. The summed E-state index contributed by atoms with van der Waals surface area (Å²) in [6, 6.07) is 6.71. The van der Waals surface area contributed by atoms with Crippen LogP contribution >= 0.6 is 11.6 Å². The highest BCUT2D eigenvalue weighted by molar-refractivity contribution is 6.31. The minimum atomic E-state index is 0.190. The molecule has 3 nitrogen and oxygen atoms in total. The van der Waals surface area contributed by atoms with Gasteiger partial charge in [0.15, 0.2) is 0 Å². The Hall–Kier alpha value is -1.06. The zero-order valence-corrected chi connectivity index (χ0v) is 11.3. The predicted octanol–water partition coefficient (Wildman–Crippen LogP) is 3.30. The quantitative estimate of drug-likeness (QED) is 0.920. The number of benzene rings is 1. The molecule has 1 aromatic carbocycles. The van der Waals surface area contributed by atoms with Crippen molar-refractivity contribution in [3.63, 3.8) is 0 Å². The molecule has 1 aliphatic rings. The Kier molecular flexibility index (Phi) is 3.04. The fraction of sp³-hybridized carbons (Fsp3) is 0.500. The van der Waals surface area contributed by atoms with Crippen molar-refractivity contribution in [1.82, 2.24) is 9.55 Å². The fourth-order valence-electron chi connectivity index (χ4n) is 2.38. The second-order valence-electron chi connectivity index (χ2n) is 5.13. The zero-order chi connectivity index (χ0) is 12.7. The molecule has 1 unspecified atom stereocenters. The number of aromatic nitrogens is 2. The number of hydrogen-bond acceptors (Lipinski definition) is 2. The Balaban J connectivity index is 2.09. The van der Waals surface area contributed by atoms with Crippen molar-refractivity contribution < 1.29 is 0 Å². The second-order valence-corrected chi connectivity index (χ2v) is 5.57. The number of nitrogens with two attached hydrogens (primary N) is 1. The maximum absolute atomic E-state index is 6.09. The van der Waals surface area contributed by atoms with Crippen LogP contribution in [0.2, 0.25) is 5.02 Å². The van der Waals surface area contributed by atoms with Gasteiger partial charge in [0.2, 0.25) is 0 Å². The summed E-state index contributed by atoms with van der Waals surface area (Å²) in [6.07, 6.45) is 4.31. The molecule has 2 aromatic rings. The molecule has 0 amide bonds. The lowest BCUT2D eigenvalue weighted by molar-refractivity contribution is 0.592. The molecule has 0 aliphatic heterocycles. The predicted molar refractivity (Wildman–Crippen MR) is 75.0 cm³/mol. The first-order chi connectivity index (χ1) is 8.69. The van der Waals surface area contributed by atoms with Crippen LogP contribution in [0.3, 0.4) is 0 Å². The van der Waals surface area contributed by atoms with Crippen LogP contribution in [0.15, 0.2) is 18.2 Å². The van der Waals surface area contributed by atoms with E-state index in [1.165, 1.54) is 12.8 Å². The van der Waals surface area contributed by atoms with Crippen LogP contribution in [-0.2, 0) is 6.42 Å². The van der Waals surface area contributed by atoms with E-state index in [0.29, 0.717) is 6.04 Å². The van der Waals surface area contributed by atoms with E-state index in [0.717, 1.165) is 34.7 Å². The van der Waals surface area contributed by atoms with Crippen molar-refractivity contribution in [1.29, 1.82) is 0 Å². The van der Waals surface area contributed by atoms with Crippen LogP contribution < -0.4 is 5.73 Å². The van der Waals surface area contributed by atoms with Gasteiger partial charge in [-0.2, -0.15) is 0 Å². The first-order valence-corrected chi connectivity index (χ1v) is 6.98. The van der Waals surface area contributed by atoms with Crippen molar-refractivity contribution in [2.24, 2.45) is 5.73 Å². The molecule has 1 aliphatic carbocycles. The maximum atomic E-state index is 6.09. The first kappa shape index (κ1) is 12.0. The summed E-state index contributed by atoms with van der Waals surface area (Å²) in [5, 5.41) is 0.774. The lowest BCUT2D eigenvalue weighted by atomic mass is 10.1. The molecule has 18 heavy (non-hydrogen) atoms. The van der Waals surface area contributed by atoms with Crippen molar-refractivity contribution in [2.75, 3.05) is 0 Å².